The van der Waals surface area contributed by atoms with E-state index in [9.17, 15) is 14.4 Å². The van der Waals surface area contributed by atoms with Gasteiger partial charge in [0.05, 0.1) is 12.1 Å². The molecule has 2 fully saturated rings. The monoisotopic (exact) mass is 331 g/mol. The average Bonchev–Trinajstić information content (AvgIpc) is 3.01. The lowest BCUT2D eigenvalue weighted by molar-refractivity contribution is -0.131. The van der Waals surface area contributed by atoms with E-state index in [1.165, 1.54) is 0 Å². The molecule has 2 heterocycles. The van der Waals surface area contributed by atoms with Gasteiger partial charge in [0, 0.05) is 17.4 Å². The molecule has 3 atom stereocenters. The minimum Gasteiger partial charge on any atom is -0.332 e. The molecule has 0 spiro atoms. The normalized spacial score (nSPS) is 26.0. The molecule has 0 radical (unpaired) electrons. The number of nitrogens with two attached hydrogens (primary N) is 1. The third kappa shape index (κ3) is 4.75. The number of rotatable bonds is 7. The molecule has 2 aliphatic heterocycles. The minimum absolute atomic E-state index is 0.0862. The van der Waals surface area contributed by atoms with Crippen LogP contribution in [0.3, 0.4) is 0 Å². The van der Waals surface area contributed by atoms with Gasteiger partial charge < -0.3 is 10.6 Å². The summed E-state index contributed by atoms with van der Waals surface area (Å²) in [6.07, 6.45) is 2.91. The number of fused-ring (bicyclic) bond motifs is 1. The number of unbranched alkanes of at least 4 members (excludes halogenated alkanes) is 1. The second kappa shape index (κ2) is 8.20. The molecule has 124 valence electrons. The smallest absolute Gasteiger partial charge is 0.315 e. The lowest BCUT2D eigenvalue weighted by Gasteiger charge is -2.16. The lowest BCUT2D eigenvalue weighted by Crippen LogP contribution is -2.43. The molecule has 2 saturated heterocycles. The fraction of sp³-hybridized carbons (Fsp3) is 0.750. The molecule has 10 heteroatoms. The van der Waals surface area contributed by atoms with Crippen LogP contribution in [-0.2, 0) is 14.4 Å². The Morgan fingerprint density at radius 3 is 2.82 bits per heavy atom. The summed E-state index contributed by atoms with van der Waals surface area (Å²) in [5.74, 6) is 4.91. The highest BCUT2D eigenvalue weighted by Crippen LogP contribution is 2.33. The number of hydrogen-bond donors (Lipinski definition) is 5. The molecule has 0 bridgehead atoms. The van der Waals surface area contributed by atoms with Crippen molar-refractivity contribution in [2.45, 2.75) is 43.0 Å². The lowest BCUT2D eigenvalue weighted by atomic mass is 10.0. The topological polar surface area (TPSA) is 135 Å². The van der Waals surface area contributed by atoms with Crippen LogP contribution in [0.25, 0.3) is 0 Å². The van der Waals surface area contributed by atoms with Gasteiger partial charge in [-0.2, -0.15) is 11.8 Å². The van der Waals surface area contributed by atoms with Crippen LogP contribution in [0, 0.1) is 0 Å². The molecule has 0 aromatic heterocycles. The van der Waals surface area contributed by atoms with E-state index in [-0.39, 0.29) is 30.6 Å². The largest absolute Gasteiger partial charge is 0.332 e. The molecule has 0 aromatic carbocycles. The Balaban J connectivity index is 1.55. The molecule has 0 aliphatic carbocycles. The third-order valence-electron chi connectivity index (χ3n) is 3.64. The van der Waals surface area contributed by atoms with Crippen LogP contribution in [0.5, 0.6) is 0 Å². The van der Waals surface area contributed by atoms with E-state index in [4.69, 9.17) is 5.90 Å². The Bertz CT molecular complexity index is 436. The maximum Gasteiger partial charge on any atom is 0.315 e. The highest BCUT2D eigenvalue weighted by atomic mass is 32.2. The molecule has 2 rings (SSSR count). The number of urea groups is 1. The van der Waals surface area contributed by atoms with Crippen LogP contribution in [0.1, 0.15) is 25.7 Å². The zero-order valence-electron chi connectivity index (χ0n) is 12.1. The summed E-state index contributed by atoms with van der Waals surface area (Å²) >= 11 is 1.85. The minimum atomic E-state index is -0.506. The highest BCUT2D eigenvalue weighted by Gasteiger charge is 2.42. The van der Waals surface area contributed by atoms with Crippen molar-refractivity contribution < 1.29 is 19.2 Å². The van der Waals surface area contributed by atoms with Gasteiger partial charge in [-0.25, -0.2) is 10.7 Å². The van der Waals surface area contributed by atoms with Crippen molar-refractivity contribution in [3.05, 3.63) is 0 Å². The molecule has 0 aromatic rings. The number of hydrazine groups is 1. The molecular formula is C12H21N5O4S. The first-order valence-electron chi connectivity index (χ1n) is 7.18. The highest BCUT2D eigenvalue weighted by molar-refractivity contribution is 8.00. The molecule has 0 saturated carbocycles. The van der Waals surface area contributed by atoms with Crippen LogP contribution in [-0.4, -0.2) is 47.5 Å². The molecule has 2 aliphatic rings. The summed E-state index contributed by atoms with van der Waals surface area (Å²) in [5, 5.41) is 6.24. The van der Waals surface area contributed by atoms with E-state index in [1.54, 1.807) is 0 Å². The first-order chi connectivity index (χ1) is 10.6. The number of hydrogen-bond acceptors (Lipinski definition) is 6. The van der Waals surface area contributed by atoms with Gasteiger partial charge in [-0.15, -0.1) is 0 Å². The molecule has 9 nitrogen and oxygen atoms in total. The van der Waals surface area contributed by atoms with Crippen LogP contribution >= 0.6 is 11.8 Å². The summed E-state index contributed by atoms with van der Waals surface area (Å²) in [6, 6.07) is 0.338. The van der Waals surface area contributed by atoms with E-state index >= 15 is 0 Å². The predicted molar refractivity (Wildman–Crippen MR) is 80.4 cm³/mol. The summed E-state index contributed by atoms with van der Waals surface area (Å²) < 4.78 is 0. The van der Waals surface area contributed by atoms with Gasteiger partial charge in [0.2, 0.25) is 5.91 Å². The zero-order valence-corrected chi connectivity index (χ0v) is 12.9. The molecule has 6 N–H and O–H groups in total. The first-order valence-corrected chi connectivity index (χ1v) is 8.23. The maximum atomic E-state index is 11.5. The number of carbonyl (C=O) groups excluding carboxylic acids is 3. The van der Waals surface area contributed by atoms with E-state index < -0.39 is 5.91 Å². The van der Waals surface area contributed by atoms with Gasteiger partial charge in [-0.1, -0.05) is 6.42 Å². The summed E-state index contributed by atoms with van der Waals surface area (Å²) in [4.78, 5) is 37.9. The quantitative estimate of drug-likeness (QED) is 0.225. The molecular weight excluding hydrogens is 310 g/mol. The van der Waals surface area contributed by atoms with Gasteiger partial charge in [0.15, 0.2) is 0 Å². The summed E-state index contributed by atoms with van der Waals surface area (Å²) in [7, 11) is 0. The first kappa shape index (κ1) is 16.8. The Labute approximate surface area is 132 Å². The van der Waals surface area contributed by atoms with Crippen molar-refractivity contribution in [3.63, 3.8) is 0 Å². The van der Waals surface area contributed by atoms with Crippen molar-refractivity contribution in [2.75, 3.05) is 12.4 Å². The van der Waals surface area contributed by atoms with E-state index in [1.807, 2.05) is 11.8 Å². The Morgan fingerprint density at radius 2 is 2.05 bits per heavy atom. The molecule has 4 amide bonds. The van der Waals surface area contributed by atoms with Gasteiger partial charge in [0.25, 0.3) is 5.91 Å². The Kier molecular flexibility index (Phi) is 6.28. The summed E-state index contributed by atoms with van der Waals surface area (Å²) in [6.45, 7) is -0.304. The third-order valence-corrected chi connectivity index (χ3v) is 5.15. The zero-order chi connectivity index (χ0) is 15.9. The number of carbonyl (C=O) groups is 3. The van der Waals surface area contributed by atoms with Gasteiger partial charge in [-0.05, 0) is 12.8 Å². The predicted octanol–water partition coefficient (Wildman–Crippen LogP) is -1.25. The van der Waals surface area contributed by atoms with Crippen LogP contribution < -0.4 is 27.4 Å². The second-order valence-corrected chi connectivity index (χ2v) is 6.55. The average molecular weight is 331 g/mol. The number of thioether (sulfide) groups is 1. The van der Waals surface area contributed by atoms with Crippen molar-refractivity contribution in [1.29, 1.82) is 0 Å². The summed E-state index contributed by atoms with van der Waals surface area (Å²) in [5.41, 5.74) is 4.49. The molecule has 1 unspecified atom stereocenters. The maximum absolute atomic E-state index is 11.5. The standard InChI is InChI=1S/C12H21N5O4S/c13-21-5-10(19)17-16-9(18)4-2-1-3-8-11-7(6-22-8)14-12(20)15-11/h7-8,11H,1-6,13H2,(H,16,18)(H,17,19)(H2,14,15,20)/t7-,8?,11-/m1/s1. The van der Waals surface area contributed by atoms with E-state index in [0.717, 1.165) is 25.0 Å². The molecule has 22 heavy (non-hydrogen) atoms. The van der Waals surface area contributed by atoms with Crippen molar-refractivity contribution in [1.82, 2.24) is 21.5 Å². The van der Waals surface area contributed by atoms with Crippen molar-refractivity contribution >= 4 is 29.6 Å². The van der Waals surface area contributed by atoms with Gasteiger partial charge in [-0.3, -0.25) is 25.3 Å². The van der Waals surface area contributed by atoms with Crippen molar-refractivity contribution in [2.24, 2.45) is 5.90 Å². The Morgan fingerprint density at radius 1 is 1.27 bits per heavy atom. The van der Waals surface area contributed by atoms with Crippen LogP contribution in [0.15, 0.2) is 0 Å². The van der Waals surface area contributed by atoms with Gasteiger partial charge in [0.1, 0.15) is 6.61 Å². The van der Waals surface area contributed by atoms with Crippen LogP contribution in [0.2, 0.25) is 0 Å². The van der Waals surface area contributed by atoms with Gasteiger partial charge >= 0.3 is 6.03 Å². The van der Waals surface area contributed by atoms with E-state index in [0.29, 0.717) is 11.7 Å². The number of nitrogens with one attached hydrogen (secondary N) is 4. The second-order valence-electron chi connectivity index (χ2n) is 5.27. The Hall–Kier alpha value is -1.52. The number of amides is 4. The fourth-order valence-electron chi connectivity index (χ4n) is 2.59. The SMILES string of the molecule is NOCC(=O)NNC(=O)CCCCC1SC[C@H]2NC(=O)N[C@@H]12. The van der Waals surface area contributed by atoms with Crippen molar-refractivity contribution in [3.8, 4) is 0 Å². The fourth-order valence-corrected chi connectivity index (χ4v) is 4.13. The van der Waals surface area contributed by atoms with Crippen LogP contribution in [0.4, 0.5) is 4.79 Å². The van der Waals surface area contributed by atoms with E-state index in [2.05, 4.69) is 26.3 Å².